The molecule has 0 bridgehead atoms. The molecule has 0 saturated carbocycles. The van der Waals surface area contributed by atoms with Crippen LogP contribution in [0.3, 0.4) is 0 Å². The highest BCUT2D eigenvalue weighted by Crippen LogP contribution is 2.31. The quantitative estimate of drug-likeness (QED) is 0.529. The number of hydrogen-bond acceptors (Lipinski definition) is 6. The molecule has 0 atom stereocenters. The van der Waals surface area contributed by atoms with Gasteiger partial charge in [0.05, 0.1) is 22.8 Å². The Kier molecular flexibility index (Phi) is 7.92. The van der Waals surface area contributed by atoms with E-state index in [2.05, 4.69) is 4.72 Å². The zero-order valence-corrected chi connectivity index (χ0v) is 20.3. The molecular formula is C21H28N2O7S2. The van der Waals surface area contributed by atoms with E-state index in [-0.39, 0.29) is 46.5 Å². The predicted octanol–water partition coefficient (Wildman–Crippen LogP) is 3.23. The van der Waals surface area contributed by atoms with Crippen molar-refractivity contribution in [3.8, 4) is 5.75 Å². The number of carboxylic acids is 1. The van der Waals surface area contributed by atoms with Crippen molar-refractivity contribution < 1.29 is 31.5 Å². The number of nitrogens with zero attached hydrogens (tertiary/aromatic N) is 1. The van der Waals surface area contributed by atoms with Crippen molar-refractivity contribution in [2.24, 2.45) is 0 Å². The molecule has 0 amide bonds. The first-order valence-corrected chi connectivity index (χ1v) is 13.0. The minimum Gasteiger partial charge on any atom is -0.492 e. The van der Waals surface area contributed by atoms with E-state index in [4.69, 9.17) is 4.74 Å². The first-order chi connectivity index (χ1) is 14.9. The Balaban J connectivity index is 2.60. The molecule has 2 aromatic rings. The Labute approximate surface area is 189 Å². The van der Waals surface area contributed by atoms with Crippen LogP contribution >= 0.6 is 0 Å². The second-order valence-electron chi connectivity index (χ2n) is 7.01. The van der Waals surface area contributed by atoms with Crippen LogP contribution in [0.2, 0.25) is 0 Å². The molecule has 2 rings (SSSR count). The van der Waals surface area contributed by atoms with E-state index in [0.29, 0.717) is 11.1 Å². The van der Waals surface area contributed by atoms with Crippen molar-refractivity contribution >= 4 is 31.7 Å². The third kappa shape index (κ3) is 5.22. The predicted molar refractivity (Wildman–Crippen MR) is 121 cm³/mol. The van der Waals surface area contributed by atoms with Crippen LogP contribution in [0.15, 0.2) is 40.1 Å². The van der Waals surface area contributed by atoms with Gasteiger partial charge in [-0.25, -0.2) is 21.6 Å². The van der Waals surface area contributed by atoms with E-state index < -0.39 is 26.0 Å². The third-order valence-electron chi connectivity index (χ3n) is 4.98. The fourth-order valence-corrected chi connectivity index (χ4v) is 6.20. The number of anilines is 1. The normalized spacial score (nSPS) is 12.1. The number of carbonyl (C=O) groups is 1. The fraction of sp³-hybridized carbons (Fsp3) is 0.381. The lowest BCUT2D eigenvalue weighted by Crippen LogP contribution is -2.31. The molecule has 9 nitrogen and oxygen atoms in total. The summed E-state index contributed by atoms with van der Waals surface area (Å²) < 4.78 is 61.4. The summed E-state index contributed by atoms with van der Waals surface area (Å²) in [6.07, 6.45) is 0. The van der Waals surface area contributed by atoms with Crippen LogP contribution in [-0.4, -0.2) is 51.9 Å². The van der Waals surface area contributed by atoms with Crippen LogP contribution in [0.5, 0.6) is 5.75 Å². The molecule has 0 radical (unpaired) electrons. The Morgan fingerprint density at radius 1 is 1.00 bits per heavy atom. The molecule has 0 aliphatic rings. The molecule has 0 spiro atoms. The Morgan fingerprint density at radius 3 is 2.16 bits per heavy atom. The summed E-state index contributed by atoms with van der Waals surface area (Å²) in [6.45, 7) is 9.01. The second-order valence-corrected chi connectivity index (χ2v) is 10.6. The van der Waals surface area contributed by atoms with E-state index in [0.717, 1.165) is 6.07 Å². The molecule has 0 unspecified atom stereocenters. The fourth-order valence-electron chi connectivity index (χ4n) is 3.19. The van der Waals surface area contributed by atoms with Crippen LogP contribution in [0.4, 0.5) is 5.69 Å². The molecule has 32 heavy (non-hydrogen) atoms. The smallest absolute Gasteiger partial charge is 0.335 e. The van der Waals surface area contributed by atoms with Gasteiger partial charge in [-0.15, -0.1) is 0 Å². The molecule has 0 aliphatic heterocycles. The first-order valence-electron chi connectivity index (χ1n) is 10.0. The Hall–Kier alpha value is -2.63. The lowest BCUT2D eigenvalue weighted by molar-refractivity contribution is 0.0696. The second kappa shape index (κ2) is 9.88. The van der Waals surface area contributed by atoms with Gasteiger partial charge in [-0.05, 0) is 62.2 Å². The van der Waals surface area contributed by atoms with Crippen molar-refractivity contribution in [3.63, 3.8) is 0 Å². The average Bonchev–Trinajstić information content (AvgIpc) is 2.71. The monoisotopic (exact) mass is 484 g/mol. The largest absolute Gasteiger partial charge is 0.492 e. The van der Waals surface area contributed by atoms with Gasteiger partial charge in [0, 0.05) is 13.1 Å². The number of hydrogen-bond donors (Lipinski definition) is 2. The number of sulfonamides is 2. The van der Waals surface area contributed by atoms with Crippen molar-refractivity contribution in [1.29, 1.82) is 0 Å². The van der Waals surface area contributed by atoms with Crippen molar-refractivity contribution in [2.75, 3.05) is 24.4 Å². The molecule has 11 heteroatoms. The summed E-state index contributed by atoms with van der Waals surface area (Å²) in [5.74, 6) is -1.14. The molecule has 0 heterocycles. The SMILES string of the molecule is CCOc1ccc(NS(=O)(=O)c2cc(C(=O)O)cc(C)c2C)cc1S(=O)(=O)N(CC)CC. The topological polar surface area (TPSA) is 130 Å². The van der Waals surface area contributed by atoms with E-state index >= 15 is 0 Å². The molecule has 176 valence electrons. The Morgan fingerprint density at radius 2 is 1.62 bits per heavy atom. The molecule has 2 aromatic carbocycles. The summed E-state index contributed by atoms with van der Waals surface area (Å²) in [5, 5.41) is 9.29. The van der Waals surface area contributed by atoms with Gasteiger partial charge < -0.3 is 9.84 Å². The summed E-state index contributed by atoms with van der Waals surface area (Å²) in [7, 11) is -8.14. The number of ether oxygens (including phenoxy) is 1. The number of benzene rings is 2. The molecule has 2 N–H and O–H groups in total. The molecule has 0 fully saturated rings. The van der Waals surface area contributed by atoms with Crippen LogP contribution in [0.25, 0.3) is 0 Å². The van der Waals surface area contributed by atoms with E-state index in [1.807, 2.05) is 0 Å². The van der Waals surface area contributed by atoms with Gasteiger partial charge >= 0.3 is 5.97 Å². The van der Waals surface area contributed by atoms with E-state index in [1.165, 1.54) is 28.6 Å². The van der Waals surface area contributed by atoms with Gasteiger partial charge in [0.25, 0.3) is 10.0 Å². The standard InChI is InChI=1S/C21H28N2O7S2/c1-6-23(7-2)32(28,29)20-13-17(9-10-18(20)30-8-3)22-31(26,27)19-12-16(21(24)25)11-14(4)15(19)5/h9-13,22H,6-8H2,1-5H3,(H,24,25). The van der Waals surface area contributed by atoms with Gasteiger partial charge in [-0.3, -0.25) is 4.72 Å². The number of aryl methyl sites for hydroxylation is 1. The number of aromatic carboxylic acids is 1. The van der Waals surface area contributed by atoms with Crippen LogP contribution in [-0.2, 0) is 20.0 Å². The van der Waals surface area contributed by atoms with Crippen molar-refractivity contribution in [3.05, 3.63) is 47.0 Å². The summed E-state index contributed by atoms with van der Waals surface area (Å²) in [6, 6.07) is 6.47. The van der Waals surface area contributed by atoms with Crippen molar-refractivity contribution in [1.82, 2.24) is 4.31 Å². The number of rotatable bonds is 10. The maximum atomic E-state index is 13.1. The molecule has 0 aliphatic carbocycles. The highest BCUT2D eigenvalue weighted by Gasteiger charge is 2.27. The average molecular weight is 485 g/mol. The summed E-state index contributed by atoms with van der Waals surface area (Å²) in [4.78, 5) is 11.0. The van der Waals surface area contributed by atoms with Crippen LogP contribution in [0, 0.1) is 13.8 Å². The molecule has 0 saturated heterocycles. The highest BCUT2D eigenvalue weighted by molar-refractivity contribution is 7.92. The number of nitrogens with one attached hydrogen (secondary N) is 1. The van der Waals surface area contributed by atoms with Gasteiger partial charge in [-0.1, -0.05) is 13.8 Å². The third-order valence-corrected chi connectivity index (χ3v) is 8.55. The van der Waals surface area contributed by atoms with Gasteiger partial charge in [-0.2, -0.15) is 4.31 Å². The maximum absolute atomic E-state index is 13.1. The van der Waals surface area contributed by atoms with Crippen LogP contribution < -0.4 is 9.46 Å². The summed E-state index contributed by atoms with van der Waals surface area (Å²) >= 11 is 0. The lowest BCUT2D eigenvalue weighted by atomic mass is 10.1. The van der Waals surface area contributed by atoms with Crippen LogP contribution in [0.1, 0.15) is 42.3 Å². The zero-order valence-electron chi connectivity index (χ0n) is 18.7. The molecular weight excluding hydrogens is 456 g/mol. The van der Waals surface area contributed by atoms with Gasteiger partial charge in [0.15, 0.2) is 0 Å². The van der Waals surface area contributed by atoms with E-state index in [9.17, 15) is 26.7 Å². The van der Waals surface area contributed by atoms with Crippen molar-refractivity contribution in [2.45, 2.75) is 44.4 Å². The number of carboxylic acid groups (broad SMARTS) is 1. The Bertz CT molecular complexity index is 1220. The van der Waals surface area contributed by atoms with Gasteiger partial charge in [0.1, 0.15) is 10.6 Å². The lowest BCUT2D eigenvalue weighted by Gasteiger charge is -2.21. The zero-order chi connectivity index (χ0) is 24.3. The minimum atomic E-state index is -4.20. The summed E-state index contributed by atoms with van der Waals surface area (Å²) in [5.41, 5.74) is 0.744. The first kappa shape index (κ1) is 25.6. The van der Waals surface area contributed by atoms with Gasteiger partial charge in [0.2, 0.25) is 10.0 Å². The maximum Gasteiger partial charge on any atom is 0.335 e. The van der Waals surface area contributed by atoms with E-state index in [1.54, 1.807) is 34.6 Å². The minimum absolute atomic E-state index is 0.0111. The molecule has 0 aromatic heterocycles. The highest BCUT2D eigenvalue weighted by atomic mass is 32.2.